The van der Waals surface area contributed by atoms with Gasteiger partial charge in [0.25, 0.3) is 5.56 Å². The fourth-order valence-electron chi connectivity index (χ4n) is 1.62. The Labute approximate surface area is 95.7 Å². The third kappa shape index (κ3) is 1.59. The highest BCUT2D eigenvalue weighted by Crippen LogP contribution is 2.17. The average molecular weight is 227 g/mol. The smallest absolute Gasteiger partial charge is 0.293 e. The molecule has 17 heavy (non-hydrogen) atoms. The Morgan fingerprint density at radius 3 is 2.65 bits per heavy atom. The summed E-state index contributed by atoms with van der Waals surface area (Å²) in [5.41, 5.74) is 2.43. The van der Waals surface area contributed by atoms with Crippen LogP contribution in [0.15, 0.2) is 29.1 Å². The molecule has 6 heteroatoms. The number of aromatic nitrogens is 5. The van der Waals surface area contributed by atoms with Gasteiger partial charge >= 0.3 is 0 Å². The Bertz CT molecular complexity index is 725. The van der Waals surface area contributed by atoms with Gasteiger partial charge in [0.05, 0.1) is 0 Å². The van der Waals surface area contributed by atoms with E-state index in [0.29, 0.717) is 17.0 Å². The lowest BCUT2D eigenvalue weighted by atomic mass is 10.1. The second kappa shape index (κ2) is 3.51. The summed E-state index contributed by atoms with van der Waals surface area (Å²) in [7, 11) is 0. The van der Waals surface area contributed by atoms with Crippen molar-refractivity contribution in [1.29, 1.82) is 0 Å². The summed E-state index contributed by atoms with van der Waals surface area (Å²) >= 11 is 0. The van der Waals surface area contributed by atoms with Gasteiger partial charge in [0.1, 0.15) is 5.82 Å². The Morgan fingerprint density at radius 1 is 1.18 bits per heavy atom. The van der Waals surface area contributed by atoms with Crippen molar-refractivity contribution in [1.82, 2.24) is 25.4 Å². The SMILES string of the molecule is Cc1ccc(-c2nc3nn[nH]c(=O)c3[nH]2)cc1. The molecule has 0 aliphatic rings. The molecule has 0 atom stereocenters. The minimum absolute atomic E-state index is 0.319. The summed E-state index contributed by atoms with van der Waals surface area (Å²) in [6.07, 6.45) is 0. The molecule has 2 aromatic heterocycles. The summed E-state index contributed by atoms with van der Waals surface area (Å²) < 4.78 is 0. The maximum absolute atomic E-state index is 11.4. The number of aromatic amines is 2. The van der Waals surface area contributed by atoms with Gasteiger partial charge in [-0.2, -0.15) is 0 Å². The number of H-pyrrole nitrogens is 2. The number of hydrogen-bond acceptors (Lipinski definition) is 4. The van der Waals surface area contributed by atoms with E-state index in [9.17, 15) is 4.79 Å². The van der Waals surface area contributed by atoms with Crippen LogP contribution in [0.5, 0.6) is 0 Å². The zero-order valence-electron chi connectivity index (χ0n) is 9.06. The van der Waals surface area contributed by atoms with Gasteiger partial charge in [-0.1, -0.05) is 35.0 Å². The lowest BCUT2D eigenvalue weighted by molar-refractivity contribution is 0.865. The molecule has 0 unspecified atom stereocenters. The Morgan fingerprint density at radius 2 is 1.94 bits per heavy atom. The fraction of sp³-hybridized carbons (Fsp3) is 0.0909. The third-order valence-electron chi connectivity index (χ3n) is 2.53. The van der Waals surface area contributed by atoms with E-state index in [2.05, 4.69) is 25.4 Å². The van der Waals surface area contributed by atoms with Crippen LogP contribution in [-0.4, -0.2) is 25.4 Å². The van der Waals surface area contributed by atoms with Crippen molar-refractivity contribution < 1.29 is 0 Å². The Hall–Kier alpha value is -2.50. The van der Waals surface area contributed by atoms with Gasteiger partial charge in [-0.25, -0.2) is 10.1 Å². The van der Waals surface area contributed by atoms with Crippen LogP contribution in [0.1, 0.15) is 5.56 Å². The lowest BCUT2D eigenvalue weighted by Gasteiger charge is -1.96. The fourth-order valence-corrected chi connectivity index (χ4v) is 1.62. The lowest BCUT2D eigenvalue weighted by Crippen LogP contribution is -2.09. The van der Waals surface area contributed by atoms with Crippen molar-refractivity contribution in [2.24, 2.45) is 0 Å². The molecule has 0 aliphatic heterocycles. The summed E-state index contributed by atoms with van der Waals surface area (Å²) in [6.45, 7) is 2.01. The molecule has 0 aliphatic carbocycles. The van der Waals surface area contributed by atoms with Crippen LogP contribution in [0.3, 0.4) is 0 Å². The maximum Gasteiger partial charge on any atom is 0.293 e. The van der Waals surface area contributed by atoms with E-state index in [1.807, 2.05) is 31.2 Å². The monoisotopic (exact) mass is 227 g/mol. The molecule has 6 nitrogen and oxygen atoms in total. The first-order chi connectivity index (χ1) is 8.24. The summed E-state index contributed by atoms with van der Waals surface area (Å²) in [5.74, 6) is 0.617. The third-order valence-corrected chi connectivity index (χ3v) is 2.53. The van der Waals surface area contributed by atoms with E-state index in [1.54, 1.807) is 0 Å². The zero-order chi connectivity index (χ0) is 11.8. The molecule has 2 N–H and O–H groups in total. The van der Waals surface area contributed by atoms with Gasteiger partial charge in [0, 0.05) is 5.56 Å². The van der Waals surface area contributed by atoms with Gasteiger partial charge in [-0.15, -0.1) is 5.10 Å². The van der Waals surface area contributed by atoms with Crippen molar-refractivity contribution in [3.8, 4) is 11.4 Å². The largest absolute Gasteiger partial charge is 0.332 e. The van der Waals surface area contributed by atoms with E-state index in [4.69, 9.17) is 0 Å². The first kappa shape index (κ1) is 9.71. The molecule has 0 amide bonds. The van der Waals surface area contributed by atoms with Crippen LogP contribution in [0, 0.1) is 6.92 Å². The minimum atomic E-state index is -0.319. The number of fused-ring (bicyclic) bond motifs is 1. The van der Waals surface area contributed by atoms with Gasteiger partial charge in [-0.3, -0.25) is 4.79 Å². The predicted octanol–water partition coefficient (Wildman–Crippen LogP) is 1.02. The maximum atomic E-state index is 11.4. The van der Waals surface area contributed by atoms with Gasteiger partial charge < -0.3 is 4.98 Å². The highest BCUT2D eigenvalue weighted by Gasteiger charge is 2.08. The number of hydrogen-bond donors (Lipinski definition) is 2. The van der Waals surface area contributed by atoms with E-state index in [1.165, 1.54) is 5.56 Å². The molecule has 0 fully saturated rings. The zero-order valence-corrected chi connectivity index (χ0v) is 9.06. The van der Waals surface area contributed by atoms with Crippen molar-refractivity contribution >= 4 is 11.2 Å². The Balaban J connectivity index is 2.21. The molecule has 3 rings (SSSR count). The summed E-state index contributed by atoms with van der Waals surface area (Å²) in [5, 5.41) is 9.48. The summed E-state index contributed by atoms with van der Waals surface area (Å²) in [6, 6.07) is 7.85. The molecule has 0 saturated heterocycles. The van der Waals surface area contributed by atoms with Crippen molar-refractivity contribution in [2.45, 2.75) is 6.92 Å². The summed E-state index contributed by atoms with van der Waals surface area (Å²) in [4.78, 5) is 18.6. The second-order valence-electron chi connectivity index (χ2n) is 3.79. The van der Waals surface area contributed by atoms with E-state index in [-0.39, 0.29) is 5.56 Å². The molecular formula is C11H9N5O. The second-order valence-corrected chi connectivity index (χ2v) is 3.79. The molecule has 3 aromatic rings. The first-order valence-corrected chi connectivity index (χ1v) is 5.12. The molecule has 0 bridgehead atoms. The molecule has 0 radical (unpaired) electrons. The Kier molecular flexibility index (Phi) is 2.01. The van der Waals surface area contributed by atoms with Crippen molar-refractivity contribution in [2.75, 3.05) is 0 Å². The number of aryl methyl sites for hydroxylation is 1. The minimum Gasteiger partial charge on any atom is -0.332 e. The van der Waals surface area contributed by atoms with Crippen molar-refractivity contribution in [3.63, 3.8) is 0 Å². The van der Waals surface area contributed by atoms with Gasteiger partial charge in [0.15, 0.2) is 5.52 Å². The number of nitrogens with one attached hydrogen (secondary N) is 2. The highest BCUT2D eigenvalue weighted by atomic mass is 16.1. The molecule has 0 saturated carbocycles. The highest BCUT2D eigenvalue weighted by molar-refractivity contribution is 5.74. The number of nitrogens with zero attached hydrogens (tertiary/aromatic N) is 3. The number of benzene rings is 1. The molecular weight excluding hydrogens is 218 g/mol. The van der Waals surface area contributed by atoms with E-state index >= 15 is 0 Å². The van der Waals surface area contributed by atoms with Crippen LogP contribution in [-0.2, 0) is 0 Å². The van der Waals surface area contributed by atoms with Crippen LogP contribution < -0.4 is 5.56 Å². The molecule has 1 aromatic carbocycles. The normalized spacial score (nSPS) is 10.9. The first-order valence-electron chi connectivity index (χ1n) is 5.12. The van der Waals surface area contributed by atoms with Crippen LogP contribution in [0.25, 0.3) is 22.6 Å². The standard InChI is InChI=1S/C11H9N5O/c1-6-2-4-7(5-3-6)9-12-8-10(13-9)14-16-15-11(8)17/h2-5H,1H3,(H2,12,13,14,15,17). The van der Waals surface area contributed by atoms with Crippen LogP contribution >= 0.6 is 0 Å². The van der Waals surface area contributed by atoms with E-state index < -0.39 is 0 Å². The van der Waals surface area contributed by atoms with Gasteiger partial charge in [0.2, 0.25) is 5.65 Å². The van der Waals surface area contributed by atoms with Gasteiger partial charge in [-0.05, 0) is 6.92 Å². The molecule has 84 valence electrons. The average Bonchev–Trinajstić information content (AvgIpc) is 2.75. The number of imidazole rings is 1. The van der Waals surface area contributed by atoms with Crippen LogP contribution in [0.2, 0.25) is 0 Å². The quantitative estimate of drug-likeness (QED) is 0.649. The molecule has 0 spiro atoms. The predicted molar refractivity (Wildman–Crippen MR) is 62.5 cm³/mol. The van der Waals surface area contributed by atoms with Crippen molar-refractivity contribution in [3.05, 3.63) is 40.2 Å². The van der Waals surface area contributed by atoms with E-state index in [0.717, 1.165) is 5.56 Å². The van der Waals surface area contributed by atoms with Crippen LogP contribution in [0.4, 0.5) is 0 Å². The topological polar surface area (TPSA) is 87.3 Å². The molecule has 2 heterocycles. The number of rotatable bonds is 1.